The lowest BCUT2D eigenvalue weighted by Crippen LogP contribution is -2.59. The fourth-order valence-electron chi connectivity index (χ4n) is 6.71. The van der Waals surface area contributed by atoms with Gasteiger partial charge in [0.05, 0.1) is 6.42 Å². The van der Waals surface area contributed by atoms with E-state index < -0.39 is 71.9 Å². The summed E-state index contributed by atoms with van der Waals surface area (Å²) in [5, 5.41) is 18.9. The van der Waals surface area contributed by atoms with Crippen LogP contribution in [0.1, 0.15) is 63.1 Å². The lowest BCUT2D eigenvalue weighted by molar-refractivity contribution is -0.152. The van der Waals surface area contributed by atoms with Crippen LogP contribution in [0, 0.1) is 0 Å². The Hall–Kier alpha value is -7.04. The third kappa shape index (κ3) is 14.6. The number of hydrogen-bond acceptors (Lipinski definition) is 9. The molecule has 17 nitrogen and oxygen atoms in total. The molecule has 0 saturated carbocycles. The number of nitrogens with zero attached hydrogens (tertiary/aromatic N) is 3. The number of benzene rings is 2. The fraction of sp³-hybridized carbons (Fsp3) is 0.378. The molecule has 0 radical (unpaired) electrons. The maximum absolute atomic E-state index is 14.5. The molecule has 330 valence electrons. The number of hydrogen-bond donors (Lipinski definition) is 6. The minimum atomic E-state index is -1.62. The molecule has 7 N–H and O–H groups in total. The van der Waals surface area contributed by atoms with Crippen LogP contribution in [0.5, 0.6) is 0 Å². The number of carboxylic acids is 1. The zero-order valence-electron chi connectivity index (χ0n) is 35.6. The Balaban J connectivity index is 1.59. The lowest BCUT2D eigenvalue weighted by atomic mass is 10.0. The van der Waals surface area contributed by atoms with Gasteiger partial charge in [-0.25, -0.2) is 4.79 Å². The first-order chi connectivity index (χ1) is 29.4. The van der Waals surface area contributed by atoms with E-state index in [1.807, 2.05) is 24.3 Å². The summed E-state index contributed by atoms with van der Waals surface area (Å²) in [6.07, 6.45) is 6.87. The van der Waals surface area contributed by atoms with Crippen molar-refractivity contribution in [3.63, 3.8) is 0 Å². The third-order valence-electron chi connectivity index (χ3n) is 9.93. The molecule has 2 aromatic heterocycles. The molecular formula is C45H56N8O9. The number of ether oxygens (including phenoxy) is 1. The Bertz CT molecular complexity index is 2200. The Morgan fingerprint density at radius 3 is 2.21 bits per heavy atom. The molecule has 62 heavy (non-hydrogen) atoms. The topological polar surface area (TPSA) is 246 Å². The van der Waals surface area contributed by atoms with Gasteiger partial charge in [0.2, 0.25) is 29.5 Å². The molecule has 2 heterocycles. The maximum Gasteiger partial charge on any atom is 0.408 e. The number of carbonyl (C=O) groups excluding carboxylic acids is 6. The number of unbranched alkanes of at least 4 members (excludes halogenated alkanes) is 1. The van der Waals surface area contributed by atoms with E-state index in [1.165, 1.54) is 20.2 Å². The molecule has 0 bridgehead atoms. The van der Waals surface area contributed by atoms with E-state index in [0.29, 0.717) is 17.5 Å². The molecule has 4 atom stereocenters. The van der Waals surface area contributed by atoms with Gasteiger partial charge >= 0.3 is 12.1 Å². The number of fused-ring (bicyclic) bond motifs is 1. The number of primary amides is 1. The number of para-hydroxylation sites is 1. The molecule has 0 aliphatic carbocycles. The van der Waals surface area contributed by atoms with Crippen LogP contribution in [0.3, 0.4) is 0 Å². The Labute approximate surface area is 360 Å². The van der Waals surface area contributed by atoms with Crippen LogP contribution in [0.4, 0.5) is 4.79 Å². The summed E-state index contributed by atoms with van der Waals surface area (Å²) in [7, 11) is 2.56. The number of nitrogens with two attached hydrogens (primary N) is 1. The van der Waals surface area contributed by atoms with Crippen molar-refractivity contribution in [1.82, 2.24) is 35.7 Å². The van der Waals surface area contributed by atoms with Gasteiger partial charge in [0, 0.05) is 69.1 Å². The van der Waals surface area contributed by atoms with Crippen molar-refractivity contribution in [2.75, 3.05) is 20.6 Å². The molecule has 17 heteroatoms. The van der Waals surface area contributed by atoms with Gasteiger partial charge in [0.15, 0.2) is 0 Å². The monoisotopic (exact) mass is 852 g/mol. The number of pyridine rings is 1. The zero-order chi connectivity index (χ0) is 45.4. The van der Waals surface area contributed by atoms with Crippen LogP contribution in [0.15, 0.2) is 91.4 Å². The van der Waals surface area contributed by atoms with E-state index in [9.17, 15) is 38.7 Å². The lowest BCUT2D eigenvalue weighted by Gasteiger charge is -2.35. The van der Waals surface area contributed by atoms with Crippen LogP contribution < -0.4 is 21.7 Å². The summed E-state index contributed by atoms with van der Waals surface area (Å²) < 4.78 is 5.47. The summed E-state index contributed by atoms with van der Waals surface area (Å²) >= 11 is 0. The molecule has 0 fully saturated rings. The number of carboxylic acid groups (broad SMARTS) is 1. The fourth-order valence-corrected chi connectivity index (χ4v) is 6.71. The Morgan fingerprint density at radius 1 is 0.855 bits per heavy atom. The van der Waals surface area contributed by atoms with Crippen molar-refractivity contribution in [3.05, 3.63) is 108 Å². The molecule has 0 spiro atoms. The number of nitrogens with one attached hydrogen (secondary N) is 4. The largest absolute Gasteiger partial charge is 0.481 e. The van der Waals surface area contributed by atoms with E-state index in [-0.39, 0.29) is 38.1 Å². The zero-order valence-corrected chi connectivity index (χ0v) is 35.6. The number of H-pyrrole nitrogens is 1. The van der Waals surface area contributed by atoms with Crippen LogP contribution in [-0.4, -0.2) is 117 Å². The summed E-state index contributed by atoms with van der Waals surface area (Å²) in [4.78, 5) is 102. The maximum atomic E-state index is 14.5. The number of aromatic amines is 1. The van der Waals surface area contributed by atoms with Crippen LogP contribution >= 0.6 is 0 Å². The molecule has 2 aromatic carbocycles. The highest BCUT2D eigenvalue weighted by Crippen LogP contribution is 2.21. The summed E-state index contributed by atoms with van der Waals surface area (Å²) in [5.41, 5.74) is 7.76. The third-order valence-corrected chi connectivity index (χ3v) is 9.93. The van der Waals surface area contributed by atoms with Crippen molar-refractivity contribution in [3.8, 4) is 0 Å². The van der Waals surface area contributed by atoms with Crippen molar-refractivity contribution in [1.29, 1.82) is 0 Å². The second-order valence-electron chi connectivity index (χ2n) is 15.8. The summed E-state index contributed by atoms with van der Waals surface area (Å²) in [5.74, 6) is -5.02. The predicted molar refractivity (Wildman–Crippen MR) is 232 cm³/mol. The standard InChI is InChI=1S/C45H56N8O9/c1-45(2,3)62-44(61)51-35(25-31-28-49-33-18-10-9-17-32(31)33)41(58)50-34(19-11-12-23-48-38(54)21-20-30-16-13-22-47-27-30)42(59)53(5)37(26-39(55)56)43(60)52(4)36(40(46)57)24-29-14-7-6-8-15-29/h6-10,13-18,20-22,27-28,34-37,49H,11-12,19,23-26H2,1-5H3,(H2,46,57)(H,48,54)(H,50,58)(H,51,61)(H,55,56)/b21-20+/t34-,35-,36-,37-/m0/s1. The van der Waals surface area contributed by atoms with Gasteiger partial charge in [0.1, 0.15) is 29.8 Å². The van der Waals surface area contributed by atoms with Gasteiger partial charge in [-0.05, 0) is 74.9 Å². The summed E-state index contributed by atoms with van der Waals surface area (Å²) in [6, 6.07) is 14.3. The quantitative estimate of drug-likeness (QED) is 0.0527. The van der Waals surface area contributed by atoms with Crippen molar-refractivity contribution < 1.29 is 43.4 Å². The second-order valence-corrected chi connectivity index (χ2v) is 15.8. The number of amides is 6. The highest BCUT2D eigenvalue weighted by Gasteiger charge is 2.38. The minimum Gasteiger partial charge on any atom is -0.481 e. The summed E-state index contributed by atoms with van der Waals surface area (Å²) in [6.45, 7) is 5.23. The molecule has 4 aromatic rings. The van der Waals surface area contributed by atoms with Gasteiger partial charge in [-0.15, -0.1) is 0 Å². The van der Waals surface area contributed by atoms with Crippen molar-refractivity contribution in [2.24, 2.45) is 5.73 Å². The number of likely N-dealkylation sites (N-methyl/N-ethyl adjacent to an activating group) is 2. The van der Waals surface area contributed by atoms with Gasteiger partial charge < -0.3 is 46.3 Å². The highest BCUT2D eigenvalue weighted by atomic mass is 16.6. The first-order valence-electron chi connectivity index (χ1n) is 20.2. The average Bonchev–Trinajstić information content (AvgIpc) is 3.64. The van der Waals surface area contributed by atoms with Crippen molar-refractivity contribution in [2.45, 2.75) is 89.1 Å². The SMILES string of the molecule is CN(C(=O)[C@H](CCCCNC(=O)/C=C/c1cccnc1)NC(=O)[C@H](Cc1c[nH]c2ccccc12)NC(=O)OC(C)(C)C)[C@@H](CC(=O)O)C(=O)N(C)[C@@H](Cc1ccccc1)C(N)=O. The average molecular weight is 853 g/mol. The van der Waals surface area contributed by atoms with E-state index in [1.54, 1.807) is 87.9 Å². The normalized spacial score (nSPS) is 13.3. The van der Waals surface area contributed by atoms with Gasteiger partial charge in [0.25, 0.3) is 0 Å². The molecule has 6 amide bonds. The minimum absolute atomic E-state index is 0.00866. The van der Waals surface area contributed by atoms with Crippen molar-refractivity contribution >= 4 is 58.6 Å². The number of alkyl carbamates (subject to hydrolysis) is 1. The molecular weight excluding hydrogens is 797 g/mol. The van der Waals surface area contributed by atoms with Crippen LogP contribution in [0.2, 0.25) is 0 Å². The number of aromatic nitrogens is 2. The second kappa shape index (κ2) is 22.5. The van der Waals surface area contributed by atoms with E-state index in [2.05, 4.69) is 25.9 Å². The smallest absolute Gasteiger partial charge is 0.408 e. The Morgan fingerprint density at radius 2 is 1.55 bits per heavy atom. The van der Waals surface area contributed by atoms with Crippen LogP contribution in [0.25, 0.3) is 17.0 Å². The molecule has 0 unspecified atom stereocenters. The van der Waals surface area contributed by atoms with E-state index >= 15 is 0 Å². The first-order valence-corrected chi connectivity index (χ1v) is 20.2. The Kier molecular flexibility index (Phi) is 17.3. The molecule has 4 rings (SSSR count). The molecule has 0 saturated heterocycles. The number of carbonyl (C=O) groups is 7. The van der Waals surface area contributed by atoms with Gasteiger partial charge in [-0.3, -0.25) is 33.8 Å². The number of rotatable bonds is 21. The number of aliphatic carboxylic acids is 1. The highest BCUT2D eigenvalue weighted by molar-refractivity contribution is 5.97. The first kappa shape index (κ1) is 47.6. The van der Waals surface area contributed by atoms with E-state index in [0.717, 1.165) is 26.3 Å². The van der Waals surface area contributed by atoms with Crippen LogP contribution in [-0.2, 0) is 46.3 Å². The van der Waals surface area contributed by atoms with Gasteiger partial charge in [-0.1, -0.05) is 54.6 Å². The van der Waals surface area contributed by atoms with Gasteiger partial charge in [-0.2, -0.15) is 0 Å². The predicted octanol–water partition coefficient (Wildman–Crippen LogP) is 3.34. The molecule has 0 aliphatic heterocycles. The van der Waals surface area contributed by atoms with E-state index in [4.69, 9.17) is 10.5 Å². The molecule has 0 aliphatic rings.